The van der Waals surface area contributed by atoms with Crippen LogP contribution in [0.4, 0.5) is 4.39 Å². The van der Waals surface area contributed by atoms with Gasteiger partial charge < -0.3 is 10.4 Å². The Labute approximate surface area is 124 Å². The second-order valence-electron chi connectivity index (χ2n) is 6.01. The van der Waals surface area contributed by atoms with Crippen LogP contribution in [-0.2, 0) is 0 Å². The second-order valence-corrected chi connectivity index (χ2v) is 6.42. The highest BCUT2D eigenvalue weighted by molar-refractivity contribution is 6.30. The summed E-state index contributed by atoms with van der Waals surface area (Å²) in [5.74, 6) is -0.405. The molecule has 1 saturated heterocycles. The molecule has 1 aromatic rings. The van der Waals surface area contributed by atoms with Crippen LogP contribution in [0.1, 0.15) is 25.5 Å². The molecule has 1 aliphatic rings. The second kappa shape index (κ2) is 6.39. The molecule has 0 unspecified atom stereocenters. The van der Waals surface area contributed by atoms with E-state index in [-0.39, 0.29) is 23.1 Å². The maximum Gasteiger partial charge on any atom is 0.142 e. The van der Waals surface area contributed by atoms with Crippen molar-refractivity contribution in [2.45, 2.75) is 19.9 Å². The molecule has 0 spiro atoms. The maximum atomic E-state index is 13.8. The third-order valence-corrected chi connectivity index (χ3v) is 4.23. The predicted octanol–water partition coefficient (Wildman–Crippen LogP) is 2.44. The summed E-state index contributed by atoms with van der Waals surface area (Å²) in [4.78, 5) is 2.30. The van der Waals surface area contributed by atoms with Crippen molar-refractivity contribution in [2.75, 3.05) is 32.8 Å². The molecule has 0 bridgehead atoms. The smallest absolute Gasteiger partial charge is 0.142 e. The van der Waals surface area contributed by atoms with Crippen molar-refractivity contribution in [1.29, 1.82) is 0 Å². The first-order chi connectivity index (χ1) is 9.45. The summed E-state index contributed by atoms with van der Waals surface area (Å²) in [6, 6.07) is 4.91. The molecule has 1 atom stereocenters. The molecular weight excluding hydrogens is 279 g/mol. The van der Waals surface area contributed by atoms with E-state index in [1.54, 1.807) is 6.07 Å². The average Bonchev–Trinajstić information content (AvgIpc) is 2.44. The topological polar surface area (TPSA) is 35.5 Å². The molecule has 2 rings (SSSR count). The number of piperazine rings is 1. The molecule has 0 amide bonds. The van der Waals surface area contributed by atoms with Gasteiger partial charge in [-0.3, -0.25) is 4.90 Å². The molecule has 2 N–H and O–H groups in total. The number of nitrogens with one attached hydrogen (secondary N) is 1. The van der Waals surface area contributed by atoms with Gasteiger partial charge in [0.25, 0.3) is 0 Å². The summed E-state index contributed by atoms with van der Waals surface area (Å²) in [5.41, 5.74) is 0.519. The van der Waals surface area contributed by atoms with Crippen LogP contribution >= 0.6 is 11.6 Å². The van der Waals surface area contributed by atoms with Crippen LogP contribution in [0.3, 0.4) is 0 Å². The minimum atomic E-state index is -0.405. The molecule has 1 aliphatic heterocycles. The summed E-state index contributed by atoms with van der Waals surface area (Å²) < 4.78 is 13.8. The number of hydrogen-bond donors (Lipinski definition) is 2. The van der Waals surface area contributed by atoms with E-state index >= 15 is 0 Å². The van der Waals surface area contributed by atoms with Gasteiger partial charge in [0.1, 0.15) is 5.82 Å². The maximum absolute atomic E-state index is 13.8. The standard InChI is InChI=1S/C15H22ClFN2O/c1-15(2,10-20)14(19-7-5-18-6-8-19)11-3-4-12(16)13(17)9-11/h3-4,9,14,18,20H,5-8,10H2,1-2H3/t14-/m1/s1. The molecule has 1 aromatic carbocycles. The van der Waals surface area contributed by atoms with Crippen molar-refractivity contribution in [3.8, 4) is 0 Å². The van der Waals surface area contributed by atoms with E-state index in [1.165, 1.54) is 6.07 Å². The molecule has 3 nitrogen and oxygen atoms in total. The van der Waals surface area contributed by atoms with Gasteiger partial charge in [0.15, 0.2) is 0 Å². The molecule has 112 valence electrons. The van der Waals surface area contributed by atoms with Crippen LogP contribution in [0.25, 0.3) is 0 Å². The van der Waals surface area contributed by atoms with Crippen molar-refractivity contribution in [3.05, 3.63) is 34.6 Å². The predicted molar refractivity (Wildman–Crippen MR) is 79.5 cm³/mol. The summed E-state index contributed by atoms with van der Waals surface area (Å²) in [7, 11) is 0. The first kappa shape index (κ1) is 15.7. The van der Waals surface area contributed by atoms with E-state index in [0.717, 1.165) is 31.7 Å². The third kappa shape index (κ3) is 3.31. The molecule has 1 fully saturated rings. The van der Waals surface area contributed by atoms with Gasteiger partial charge in [0, 0.05) is 44.2 Å². The highest BCUT2D eigenvalue weighted by atomic mass is 35.5. The van der Waals surface area contributed by atoms with Crippen LogP contribution in [-0.4, -0.2) is 42.8 Å². The fraction of sp³-hybridized carbons (Fsp3) is 0.600. The minimum absolute atomic E-state index is 0.0265. The Morgan fingerprint density at radius 1 is 1.40 bits per heavy atom. The first-order valence-corrected chi connectivity index (χ1v) is 7.34. The van der Waals surface area contributed by atoms with Gasteiger partial charge in [-0.2, -0.15) is 0 Å². The average molecular weight is 301 g/mol. The lowest BCUT2D eigenvalue weighted by molar-refractivity contribution is 0.0304. The van der Waals surface area contributed by atoms with Crippen molar-refractivity contribution in [2.24, 2.45) is 5.41 Å². The summed E-state index contributed by atoms with van der Waals surface area (Å²) in [6.07, 6.45) is 0. The Hall–Kier alpha value is -0.680. The molecule has 5 heteroatoms. The number of aliphatic hydroxyl groups is 1. The highest BCUT2D eigenvalue weighted by Gasteiger charge is 2.35. The first-order valence-electron chi connectivity index (χ1n) is 6.96. The normalized spacial score (nSPS) is 19.1. The fourth-order valence-corrected chi connectivity index (χ4v) is 2.98. The number of hydrogen-bond acceptors (Lipinski definition) is 3. The number of nitrogens with zero attached hydrogens (tertiary/aromatic N) is 1. The Bertz CT molecular complexity index is 461. The van der Waals surface area contributed by atoms with Gasteiger partial charge in [-0.1, -0.05) is 31.5 Å². The molecule has 1 heterocycles. The molecule has 0 aliphatic carbocycles. The van der Waals surface area contributed by atoms with E-state index < -0.39 is 5.82 Å². The number of aliphatic hydroxyl groups excluding tert-OH is 1. The lowest BCUT2D eigenvalue weighted by Gasteiger charge is -2.43. The van der Waals surface area contributed by atoms with Crippen LogP contribution in [0, 0.1) is 11.2 Å². The van der Waals surface area contributed by atoms with Gasteiger partial charge in [0.2, 0.25) is 0 Å². The van der Waals surface area contributed by atoms with Crippen molar-refractivity contribution in [1.82, 2.24) is 10.2 Å². The zero-order chi connectivity index (χ0) is 14.8. The fourth-order valence-electron chi connectivity index (χ4n) is 2.87. The quantitative estimate of drug-likeness (QED) is 0.896. The van der Waals surface area contributed by atoms with Crippen molar-refractivity contribution < 1.29 is 9.50 Å². The van der Waals surface area contributed by atoms with Gasteiger partial charge in [-0.25, -0.2) is 4.39 Å². The van der Waals surface area contributed by atoms with Gasteiger partial charge >= 0.3 is 0 Å². The van der Waals surface area contributed by atoms with E-state index in [4.69, 9.17) is 11.6 Å². The summed E-state index contributed by atoms with van der Waals surface area (Å²) in [6.45, 7) is 7.66. The Morgan fingerprint density at radius 3 is 2.60 bits per heavy atom. The van der Waals surface area contributed by atoms with Crippen molar-refractivity contribution >= 4 is 11.6 Å². The highest BCUT2D eigenvalue weighted by Crippen LogP contribution is 2.39. The monoisotopic (exact) mass is 300 g/mol. The largest absolute Gasteiger partial charge is 0.396 e. The van der Waals surface area contributed by atoms with E-state index in [9.17, 15) is 9.50 Å². The summed E-state index contributed by atoms with van der Waals surface area (Å²) >= 11 is 5.77. The lowest BCUT2D eigenvalue weighted by Crippen LogP contribution is -2.49. The summed E-state index contributed by atoms with van der Waals surface area (Å²) in [5, 5.41) is 13.2. The van der Waals surface area contributed by atoms with E-state index in [1.807, 2.05) is 19.9 Å². The number of rotatable bonds is 4. The molecule has 20 heavy (non-hydrogen) atoms. The Balaban J connectivity index is 2.36. The van der Waals surface area contributed by atoms with Crippen LogP contribution < -0.4 is 5.32 Å². The molecule has 0 aromatic heterocycles. The Morgan fingerprint density at radius 2 is 2.05 bits per heavy atom. The van der Waals surface area contributed by atoms with E-state index in [2.05, 4.69) is 10.2 Å². The van der Waals surface area contributed by atoms with Gasteiger partial charge in [-0.15, -0.1) is 0 Å². The van der Waals surface area contributed by atoms with Crippen LogP contribution in [0.15, 0.2) is 18.2 Å². The zero-order valence-corrected chi connectivity index (χ0v) is 12.8. The SMILES string of the molecule is CC(C)(CO)[C@@H](c1ccc(Cl)c(F)c1)N1CCNCC1. The number of benzene rings is 1. The van der Waals surface area contributed by atoms with Gasteiger partial charge in [0.05, 0.1) is 5.02 Å². The Kier molecular flexibility index (Phi) is 5.02. The zero-order valence-electron chi connectivity index (χ0n) is 12.0. The molecular formula is C15H22ClFN2O. The third-order valence-electron chi connectivity index (χ3n) is 3.92. The van der Waals surface area contributed by atoms with Crippen LogP contribution in [0.5, 0.6) is 0 Å². The lowest BCUT2D eigenvalue weighted by atomic mass is 9.79. The molecule has 0 saturated carbocycles. The van der Waals surface area contributed by atoms with Crippen LogP contribution in [0.2, 0.25) is 5.02 Å². The van der Waals surface area contributed by atoms with E-state index in [0.29, 0.717) is 0 Å². The molecule has 0 radical (unpaired) electrons. The number of halogens is 2. The minimum Gasteiger partial charge on any atom is -0.396 e. The van der Waals surface area contributed by atoms with Crippen molar-refractivity contribution in [3.63, 3.8) is 0 Å². The van der Waals surface area contributed by atoms with Gasteiger partial charge in [-0.05, 0) is 17.7 Å².